The second-order valence-corrected chi connectivity index (χ2v) is 7.09. The summed E-state index contributed by atoms with van der Waals surface area (Å²) in [6.07, 6.45) is -1.42. The van der Waals surface area contributed by atoms with Crippen LogP contribution < -0.4 is 10.5 Å². The molecule has 0 bridgehead atoms. The average Bonchev–Trinajstić information content (AvgIpc) is 2.74. The average molecular weight is 413 g/mol. The van der Waals surface area contributed by atoms with E-state index in [0.717, 1.165) is 36.2 Å². The maximum absolute atomic E-state index is 12.8. The van der Waals surface area contributed by atoms with Gasteiger partial charge in [-0.25, -0.2) is 4.98 Å². The Bertz CT molecular complexity index is 1140. The van der Waals surface area contributed by atoms with Crippen LogP contribution in [0.2, 0.25) is 0 Å². The van der Waals surface area contributed by atoms with Crippen LogP contribution in [0.5, 0.6) is 0 Å². The van der Waals surface area contributed by atoms with Crippen LogP contribution >= 0.6 is 0 Å². The van der Waals surface area contributed by atoms with E-state index in [9.17, 15) is 22.8 Å². The van der Waals surface area contributed by atoms with Crippen LogP contribution in [0.4, 0.5) is 18.9 Å². The zero-order valence-corrected chi connectivity index (χ0v) is 15.9. The van der Waals surface area contributed by atoms with E-state index < -0.39 is 17.3 Å². The molecule has 5 nitrogen and oxygen atoms in total. The molecule has 154 valence electrons. The lowest BCUT2D eigenvalue weighted by Crippen LogP contribution is -2.39. The lowest BCUT2D eigenvalue weighted by molar-refractivity contribution is -0.137. The third-order valence-electron chi connectivity index (χ3n) is 5.10. The Morgan fingerprint density at radius 1 is 1.07 bits per heavy atom. The van der Waals surface area contributed by atoms with E-state index in [-0.39, 0.29) is 18.1 Å². The van der Waals surface area contributed by atoms with Crippen molar-refractivity contribution in [1.82, 2.24) is 9.55 Å². The van der Waals surface area contributed by atoms with Gasteiger partial charge in [0, 0.05) is 23.9 Å². The summed E-state index contributed by atoms with van der Waals surface area (Å²) in [5.41, 5.74) is 1.38. The number of carbonyl (C=O) groups is 1. The number of alkyl halides is 3. The fourth-order valence-corrected chi connectivity index (χ4v) is 3.56. The van der Waals surface area contributed by atoms with Gasteiger partial charge in [0.05, 0.1) is 17.6 Å². The van der Waals surface area contributed by atoms with Gasteiger partial charge in [0.15, 0.2) is 0 Å². The molecule has 0 fully saturated rings. The van der Waals surface area contributed by atoms with E-state index >= 15 is 0 Å². The summed E-state index contributed by atoms with van der Waals surface area (Å²) >= 11 is 0. The number of anilines is 1. The summed E-state index contributed by atoms with van der Waals surface area (Å²) in [7, 11) is 0. The Labute approximate surface area is 170 Å². The lowest BCUT2D eigenvalue weighted by Gasteiger charge is -2.29. The Hall–Kier alpha value is -3.42. The van der Waals surface area contributed by atoms with Gasteiger partial charge in [-0.15, -0.1) is 0 Å². The molecule has 0 atom stereocenters. The SMILES string of the molecule is O=C(Cn1cnc(-c2ccc(C(F)(F)F)cc2)cc1=O)N1CCCc2ccccc21. The smallest absolute Gasteiger partial charge is 0.311 e. The maximum atomic E-state index is 12.8. The van der Waals surface area contributed by atoms with Crippen molar-refractivity contribution in [2.75, 3.05) is 11.4 Å². The summed E-state index contributed by atoms with van der Waals surface area (Å²) in [6, 6.07) is 13.3. The third-order valence-corrected chi connectivity index (χ3v) is 5.10. The first-order valence-corrected chi connectivity index (χ1v) is 9.45. The number of halogens is 3. The number of nitrogens with zero attached hydrogens (tertiary/aromatic N) is 3. The van der Waals surface area contributed by atoms with E-state index in [4.69, 9.17) is 0 Å². The van der Waals surface area contributed by atoms with Gasteiger partial charge in [-0.2, -0.15) is 13.2 Å². The normalized spacial score (nSPS) is 13.8. The van der Waals surface area contributed by atoms with E-state index in [1.54, 1.807) is 4.90 Å². The Morgan fingerprint density at radius 3 is 2.50 bits per heavy atom. The number of aromatic nitrogens is 2. The molecule has 2 heterocycles. The first-order chi connectivity index (χ1) is 14.3. The predicted octanol–water partition coefficient (Wildman–Crippen LogP) is 3.91. The Kier molecular flexibility index (Phi) is 5.15. The van der Waals surface area contributed by atoms with Crippen LogP contribution in [0.3, 0.4) is 0 Å². The van der Waals surface area contributed by atoms with Gasteiger partial charge < -0.3 is 4.90 Å². The molecule has 0 unspecified atom stereocenters. The molecule has 0 aliphatic carbocycles. The van der Waals surface area contributed by atoms with Crippen molar-refractivity contribution < 1.29 is 18.0 Å². The monoisotopic (exact) mass is 413 g/mol. The molecule has 0 radical (unpaired) electrons. The Morgan fingerprint density at radius 2 is 1.80 bits per heavy atom. The van der Waals surface area contributed by atoms with Crippen molar-refractivity contribution in [2.45, 2.75) is 25.6 Å². The molecule has 3 aromatic rings. The predicted molar refractivity (Wildman–Crippen MR) is 106 cm³/mol. The maximum Gasteiger partial charge on any atom is 0.416 e. The zero-order valence-electron chi connectivity index (χ0n) is 15.9. The van der Waals surface area contributed by atoms with Crippen molar-refractivity contribution in [2.24, 2.45) is 0 Å². The largest absolute Gasteiger partial charge is 0.416 e. The molecule has 0 spiro atoms. The van der Waals surface area contributed by atoms with Crippen LogP contribution in [0.15, 0.2) is 65.7 Å². The van der Waals surface area contributed by atoms with Gasteiger partial charge in [-0.05, 0) is 36.6 Å². The number of fused-ring (bicyclic) bond motifs is 1. The number of carbonyl (C=O) groups excluding carboxylic acids is 1. The fraction of sp³-hybridized carbons (Fsp3) is 0.227. The number of hydrogen-bond donors (Lipinski definition) is 0. The minimum Gasteiger partial charge on any atom is -0.311 e. The number of amides is 1. The number of para-hydroxylation sites is 1. The van der Waals surface area contributed by atoms with Crippen LogP contribution in [0, 0.1) is 0 Å². The topological polar surface area (TPSA) is 55.2 Å². The second kappa shape index (κ2) is 7.78. The molecule has 1 aliphatic heterocycles. The van der Waals surface area contributed by atoms with Crippen LogP contribution in [0.25, 0.3) is 11.3 Å². The lowest BCUT2D eigenvalue weighted by atomic mass is 10.0. The number of benzene rings is 2. The summed E-state index contributed by atoms with van der Waals surface area (Å²) in [4.78, 5) is 31.1. The molecule has 0 saturated heterocycles. The standard InChI is InChI=1S/C22H18F3N3O2/c23-22(24,25)17-9-7-15(8-10-17)18-12-20(29)27(14-26-18)13-21(30)28-11-3-5-16-4-1-2-6-19(16)28/h1-2,4,6-10,12,14H,3,5,11,13H2. The van der Waals surface area contributed by atoms with Gasteiger partial charge in [-0.3, -0.25) is 14.2 Å². The highest BCUT2D eigenvalue weighted by atomic mass is 19.4. The van der Waals surface area contributed by atoms with Crippen molar-refractivity contribution in [1.29, 1.82) is 0 Å². The van der Waals surface area contributed by atoms with Crippen LogP contribution in [-0.2, 0) is 23.9 Å². The summed E-state index contributed by atoms with van der Waals surface area (Å²) in [5, 5.41) is 0. The second-order valence-electron chi connectivity index (χ2n) is 7.09. The summed E-state index contributed by atoms with van der Waals surface area (Å²) in [6.45, 7) is 0.426. The highest BCUT2D eigenvalue weighted by Crippen LogP contribution is 2.30. The summed E-state index contributed by atoms with van der Waals surface area (Å²) in [5.74, 6) is -0.215. The number of aryl methyl sites for hydroxylation is 1. The first-order valence-electron chi connectivity index (χ1n) is 9.45. The minimum absolute atomic E-state index is 0.159. The third kappa shape index (κ3) is 3.98. The number of rotatable bonds is 3. The summed E-state index contributed by atoms with van der Waals surface area (Å²) < 4.78 is 39.3. The molecule has 0 N–H and O–H groups in total. The van der Waals surface area contributed by atoms with Gasteiger partial charge >= 0.3 is 6.18 Å². The van der Waals surface area contributed by atoms with Crippen molar-refractivity contribution in [3.8, 4) is 11.3 Å². The van der Waals surface area contributed by atoms with Gasteiger partial charge in [-0.1, -0.05) is 30.3 Å². The van der Waals surface area contributed by atoms with Gasteiger partial charge in [0.25, 0.3) is 5.56 Å². The van der Waals surface area contributed by atoms with Crippen molar-refractivity contribution >= 4 is 11.6 Å². The molecule has 1 amide bonds. The Balaban J connectivity index is 1.53. The van der Waals surface area contributed by atoms with E-state index in [2.05, 4.69) is 4.98 Å². The van der Waals surface area contributed by atoms with Crippen LogP contribution in [0.1, 0.15) is 17.5 Å². The highest BCUT2D eigenvalue weighted by Gasteiger charge is 2.30. The highest BCUT2D eigenvalue weighted by molar-refractivity contribution is 5.94. The minimum atomic E-state index is -4.43. The van der Waals surface area contributed by atoms with Crippen molar-refractivity contribution in [3.05, 3.63) is 82.4 Å². The molecule has 2 aromatic carbocycles. The number of hydrogen-bond acceptors (Lipinski definition) is 3. The fourth-order valence-electron chi connectivity index (χ4n) is 3.56. The van der Waals surface area contributed by atoms with E-state index in [1.165, 1.54) is 29.1 Å². The van der Waals surface area contributed by atoms with Crippen molar-refractivity contribution in [3.63, 3.8) is 0 Å². The molecule has 1 aliphatic rings. The van der Waals surface area contributed by atoms with Crippen LogP contribution in [-0.4, -0.2) is 22.0 Å². The molecular formula is C22H18F3N3O2. The van der Waals surface area contributed by atoms with Gasteiger partial charge in [0.2, 0.25) is 5.91 Å². The van der Waals surface area contributed by atoms with E-state index in [1.807, 2.05) is 24.3 Å². The molecule has 30 heavy (non-hydrogen) atoms. The molecule has 0 saturated carbocycles. The first kappa shape index (κ1) is 19.9. The molecular weight excluding hydrogens is 395 g/mol. The quantitative estimate of drug-likeness (QED) is 0.654. The van der Waals surface area contributed by atoms with E-state index in [0.29, 0.717) is 12.1 Å². The molecule has 4 rings (SSSR count). The molecule has 1 aromatic heterocycles. The molecule has 8 heteroatoms. The zero-order chi connectivity index (χ0) is 21.3. The van der Waals surface area contributed by atoms with Gasteiger partial charge in [0.1, 0.15) is 6.54 Å².